The van der Waals surface area contributed by atoms with Crippen LogP contribution in [0.5, 0.6) is 0 Å². The van der Waals surface area contributed by atoms with Gasteiger partial charge in [-0.2, -0.15) is 0 Å². The SMILES string of the molecule is Nc1cccc(-c2cccc(-n3c4ccccc4c4cc(-c5ccc6c(c5)c5ccccc5n6-c5ccc(-c6ccc(-n7c8c(c9ccccc97)CC(c7ccc9c(c7)c7ccccc7n9-c7ccccc7)C=C8)cc6N)cc5)ccc43)c2)c1. The highest BCUT2D eigenvalue weighted by atomic mass is 15.0. The first-order valence-electron chi connectivity index (χ1n) is 28.9. The summed E-state index contributed by atoms with van der Waals surface area (Å²) in [5, 5.41) is 8.69. The Kier molecular flexibility index (Phi) is 10.6. The van der Waals surface area contributed by atoms with Gasteiger partial charge in [0.15, 0.2) is 0 Å². The van der Waals surface area contributed by atoms with Gasteiger partial charge < -0.3 is 29.7 Å². The van der Waals surface area contributed by atoms with E-state index in [0.717, 1.165) is 73.7 Å². The van der Waals surface area contributed by atoms with Crippen LogP contribution in [0.1, 0.15) is 22.7 Å². The molecule has 4 N–H and O–H groups in total. The molecule has 0 saturated carbocycles. The van der Waals surface area contributed by atoms with Crippen molar-refractivity contribution in [2.24, 2.45) is 0 Å². The van der Waals surface area contributed by atoms with Crippen molar-refractivity contribution in [2.45, 2.75) is 12.3 Å². The summed E-state index contributed by atoms with van der Waals surface area (Å²) in [5.41, 5.74) is 38.1. The van der Waals surface area contributed by atoms with E-state index in [1.54, 1.807) is 0 Å². The van der Waals surface area contributed by atoms with Crippen LogP contribution >= 0.6 is 0 Å². The number of hydrogen-bond acceptors (Lipinski definition) is 2. The first-order valence-corrected chi connectivity index (χ1v) is 28.9. The Balaban J connectivity index is 0.679. The van der Waals surface area contributed by atoms with Crippen LogP contribution in [0.4, 0.5) is 11.4 Å². The number of nitrogens with two attached hydrogens (primary N) is 2. The van der Waals surface area contributed by atoms with Crippen LogP contribution in [-0.4, -0.2) is 18.3 Å². The largest absolute Gasteiger partial charge is 0.399 e. The zero-order chi connectivity index (χ0) is 55.6. The second-order valence-corrected chi connectivity index (χ2v) is 22.5. The number of nitrogen functional groups attached to an aromatic ring is 2. The van der Waals surface area contributed by atoms with Crippen molar-refractivity contribution in [3.63, 3.8) is 0 Å². The molecule has 16 aromatic rings. The molecule has 6 nitrogen and oxygen atoms in total. The zero-order valence-electron chi connectivity index (χ0n) is 45.9. The van der Waals surface area contributed by atoms with Crippen LogP contribution in [0, 0.1) is 0 Å². The summed E-state index contributed by atoms with van der Waals surface area (Å²) in [6.45, 7) is 0. The standard InChI is InChI=1S/C78H54N6/c79-56-16-12-14-50(42-56)51-15-13-19-59(43-51)83-73-26-10-6-22-64(73)68-46-54(32-40-77(68)83)53-31-39-76-67(45-53)63-21-5-9-25-72(63)82(76)58-34-28-49(29-35-58)61-37-36-60(48-70(61)80)84-74-27-11-7-23-65(74)69-47-55(33-41-78(69)84)52-30-38-75-66(44-52)62-20-4-8-24-71(62)81(75)57-17-2-1-3-18-57/h1-46,48,55H,47,79-80H2. The quantitative estimate of drug-likeness (QED) is 0.149. The number of benzene rings is 12. The Bertz CT molecular complexity index is 5380. The van der Waals surface area contributed by atoms with Gasteiger partial charge in [0.2, 0.25) is 0 Å². The lowest BCUT2D eigenvalue weighted by molar-refractivity contribution is 0.826. The number of nitrogens with zero attached hydrogens (tertiary/aromatic N) is 4. The van der Waals surface area contributed by atoms with E-state index >= 15 is 0 Å². The fraction of sp³-hybridized carbons (Fsp3) is 0.0256. The van der Waals surface area contributed by atoms with Crippen molar-refractivity contribution >= 4 is 93.8 Å². The van der Waals surface area contributed by atoms with Crippen molar-refractivity contribution in [1.82, 2.24) is 18.3 Å². The van der Waals surface area contributed by atoms with Crippen LogP contribution in [0.2, 0.25) is 0 Å². The predicted molar refractivity (Wildman–Crippen MR) is 353 cm³/mol. The number of allylic oxidation sites excluding steroid dienone is 1. The van der Waals surface area contributed by atoms with Gasteiger partial charge in [-0.3, -0.25) is 0 Å². The molecule has 12 aromatic carbocycles. The van der Waals surface area contributed by atoms with Crippen molar-refractivity contribution in [2.75, 3.05) is 11.5 Å². The molecule has 0 aliphatic heterocycles. The highest BCUT2D eigenvalue weighted by Crippen LogP contribution is 2.43. The first-order chi connectivity index (χ1) is 41.5. The van der Waals surface area contributed by atoms with Crippen LogP contribution in [0.25, 0.3) is 139 Å². The van der Waals surface area contributed by atoms with E-state index in [-0.39, 0.29) is 5.92 Å². The van der Waals surface area contributed by atoms with Crippen molar-refractivity contribution in [1.29, 1.82) is 0 Å². The number of para-hydroxylation sites is 5. The number of rotatable bonds is 8. The Morgan fingerprint density at radius 1 is 0.298 bits per heavy atom. The molecule has 4 aromatic heterocycles. The smallest absolute Gasteiger partial charge is 0.0541 e. The number of hydrogen-bond donors (Lipinski definition) is 2. The minimum Gasteiger partial charge on any atom is -0.399 e. The fourth-order valence-corrected chi connectivity index (χ4v) is 13.9. The van der Waals surface area contributed by atoms with Crippen LogP contribution < -0.4 is 11.5 Å². The van der Waals surface area contributed by atoms with Gasteiger partial charge in [0, 0.05) is 89.0 Å². The van der Waals surface area contributed by atoms with Gasteiger partial charge in [-0.15, -0.1) is 0 Å². The van der Waals surface area contributed by atoms with Crippen molar-refractivity contribution < 1.29 is 0 Å². The van der Waals surface area contributed by atoms with E-state index in [0.29, 0.717) is 0 Å². The maximum atomic E-state index is 7.12. The van der Waals surface area contributed by atoms with Gasteiger partial charge in [0.05, 0.1) is 38.6 Å². The molecule has 0 amide bonds. The van der Waals surface area contributed by atoms with E-state index in [9.17, 15) is 0 Å². The van der Waals surface area contributed by atoms with Crippen molar-refractivity contribution in [3.8, 4) is 56.1 Å². The molecule has 0 fully saturated rings. The van der Waals surface area contributed by atoms with Gasteiger partial charge in [-0.25, -0.2) is 0 Å². The molecule has 1 unspecified atom stereocenters. The summed E-state index contributed by atoms with van der Waals surface area (Å²) >= 11 is 0. The van der Waals surface area contributed by atoms with E-state index in [4.69, 9.17) is 11.5 Å². The Hall–Kier alpha value is -11.1. The molecule has 0 saturated heterocycles. The molecule has 1 atom stereocenters. The first kappa shape index (κ1) is 47.7. The minimum atomic E-state index is 0.232. The molecule has 6 heteroatoms. The lowest BCUT2D eigenvalue weighted by atomic mass is 9.86. The number of fused-ring (bicyclic) bond motifs is 12. The van der Waals surface area contributed by atoms with Gasteiger partial charge in [0.1, 0.15) is 0 Å². The number of aromatic nitrogens is 4. The molecule has 4 heterocycles. The maximum absolute atomic E-state index is 7.12. The molecule has 0 radical (unpaired) electrons. The van der Waals surface area contributed by atoms with Crippen LogP contribution in [0.3, 0.4) is 0 Å². The zero-order valence-corrected chi connectivity index (χ0v) is 45.9. The van der Waals surface area contributed by atoms with E-state index in [1.807, 2.05) is 18.2 Å². The van der Waals surface area contributed by atoms with E-state index in [1.165, 1.54) is 93.4 Å². The fourth-order valence-electron chi connectivity index (χ4n) is 13.9. The highest BCUT2D eigenvalue weighted by molar-refractivity contribution is 6.13. The van der Waals surface area contributed by atoms with Crippen molar-refractivity contribution in [3.05, 3.63) is 296 Å². The molecular weight excluding hydrogens is 1020 g/mol. The van der Waals surface area contributed by atoms with Crippen LogP contribution in [-0.2, 0) is 6.42 Å². The van der Waals surface area contributed by atoms with Crippen LogP contribution in [0.15, 0.2) is 279 Å². The maximum Gasteiger partial charge on any atom is 0.0541 e. The Morgan fingerprint density at radius 3 is 1.37 bits per heavy atom. The second kappa shape index (κ2) is 18.7. The van der Waals surface area contributed by atoms with Gasteiger partial charge in [-0.1, -0.05) is 158 Å². The summed E-state index contributed by atoms with van der Waals surface area (Å²) in [6, 6.07) is 99.0. The molecule has 0 bridgehead atoms. The third-order valence-corrected chi connectivity index (χ3v) is 17.8. The van der Waals surface area contributed by atoms with Gasteiger partial charge in [-0.05, 0) is 173 Å². The monoisotopic (exact) mass is 1070 g/mol. The predicted octanol–water partition coefficient (Wildman–Crippen LogP) is 19.4. The average Bonchev–Trinajstić information content (AvgIpc) is 4.25. The molecule has 396 valence electrons. The number of anilines is 2. The summed E-state index contributed by atoms with van der Waals surface area (Å²) in [7, 11) is 0. The van der Waals surface area contributed by atoms with E-state index in [2.05, 4.69) is 285 Å². The van der Waals surface area contributed by atoms with Gasteiger partial charge in [0.25, 0.3) is 0 Å². The molecule has 1 aliphatic carbocycles. The Morgan fingerprint density at radius 2 is 0.750 bits per heavy atom. The normalized spacial score (nSPS) is 13.4. The molecule has 17 rings (SSSR count). The minimum absolute atomic E-state index is 0.232. The summed E-state index contributed by atoms with van der Waals surface area (Å²) in [4.78, 5) is 0. The average molecular weight is 1080 g/mol. The lowest BCUT2D eigenvalue weighted by Crippen LogP contribution is -2.07. The molecular formula is C78H54N6. The lowest BCUT2D eigenvalue weighted by Gasteiger charge is -2.20. The molecule has 84 heavy (non-hydrogen) atoms. The third-order valence-electron chi connectivity index (χ3n) is 17.8. The summed E-state index contributed by atoms with van der Waals surface area (Å²) in [5.74, 6) is 0.232. The van der Waals surface area contributed by atoms with E-state index < -0.39 is 0 Å². The highest BCUT2D eigenvalue weighted by Gasteiger charge is 2.26. The second-order valence-electron chi connectivity index (χ2n) is 22.5. The van der Waals surface area contributed by atoms with Gasteiger partial charge >= 0.3 is 0 Å². The summed E-state index contributed by atoms with van der Waals surface area (Å²) < 4.78 is 9.56. The summed E-state index contributed by atoms with van der Waals surface area (Å²) in [6.07, 6.45) is 5.64. The third kappa shape index (κ3) is 7.44. The molecule has 1 aliphatic rings. The Labute approximate surface area is 485 Å². The topological polar surface area (TPSA) is 71.8 Å². The molecule has 0 spiro atoms.